The van der Waals surface area contributed by atoms with Crippen molar-refractivity contribution in [3.05, 3.63) is 0 Å². The van der Waals surface area contributed by atoms with E-state index in [2.05, 4.69) is 24.1 Å². The fraction of sp³-hybridized carbons (Fsp3) is 1.00. The van der Waals surface area contributed by atoms with Gasteiger partial charge in [0.05, 0.1) is 6.61 Å². The number of piperazine rings is 1. The molecule has 1 aliphatic heterocycles. The SMILES string of the molecule is COCCCOCCN1CCNC(CC(C)C)C1. The number of nitrogens with zero attached hydrogens (tertiary/aromatic N) is 1. The number of ether oxygens (including phenoxy) is 2. The minimum absolute atomic E-state index is 0.659. The monoisotopic (exact) mass is 258 g/mol. The molecule has 1 unspecified atom stereocenters. The summed E-state index contributed by atoms with van der Waals surface area (Å²) in [5, 5.41) is 3.60. The molecule has 1 N–H and O–H groups in total. The maximum Gasteiger partial charge on any atom is 0.0593 e. The Morgan fingerprint density at radius 3 is 2.83 bits per heavy atom. The summed E-state index contributed by atoms with van der Waals surface area (Å²) >= 11 is 0. The minimum atomic E-state index is 0.659. The molecular weight excluding hydrogens is 228 g/mol. The van der Waals surface area contributed by atoms with Crippen LogP contribution >= 0.6 is 0 Å². The van der Waals surface area contributed by atoms with Crippen LogP contribution in [0, 0.1) is 5.92 Å². The minimum Gasteiger partial charge on any atom is -0.385 e. The van der Waals surface area contributed by atoms with Gasteiger partial charge >= 0.3 is 0 Å². The van der Waals surface area contributed by atoms with Crippen LogP contribution < -0.4 is 5.32 Å². The van der Waals surface area contributed by atoms with Gasteiger partial charge in [-0.2, -0.15) is 0 Å². The number of methoxy groups -OCH3 is 1. The first-order valence-electron chi connectivity index (χ1n) is 7.24. The van der Waals surface area contributed by atoms with Crippen molar-refractivity contribution in [1.82, 2.24) is 10.2 Å². The van der Waals surface area contributed by atoms with Gasteiger partial charge in [-0.3, -0.25) is 4.90 Å². The van der Waals surface area contributed by atoms with Gasteiger partial charge in [0, 0.05) is 52.5 Å². The molecule has 0 aromatic carbocycles. The number of nitrogens with one attached hydrogen (secondary N) is 1. The Bertz CT molecular complexity index is 200. The second-order valence-electron chi connectivity index (χ2n) is 5.54. The van der Waals surface area contributed by atoms with E-state index in [4.69, 9.17) is 9.47 Å². The Labute approximate surface area is 112 Å². The van der Waals surface area contributed by atoms with Gasteiger partial charge in [-0.15, -0.1) is 0 Å². The molecule has 1 aliphatic rings. The van der Waals surface area contributed by atoms with Crippen molar-refractivity contribution >= 4 is 0 Å². The second-order valence-corrected chi connectivity index (χ2v) is 5.54. The lowest BCUT2D eigenvalue weighted by atomic mass is 10.0. The van der Waals surface area contributed by atoms with Crippen molar-refractivity contribution in [2.75, 3.05) is 53.1 Å². The van der Waals surface area contributed by atoms with E-state index in [0.29, 0.717) is 6.04 Å². The molecule has 108 valence electrons. The molecule has 0 aromatic heterocycles. The summed E-state index contributed by atoms with van der Waals surface area (Å²) in [7, 11) is 1.73. The first-order valence-corrected chi connectivity index (χ1v) is 7.24. The molecule has 1 rings (SSSR count). The molecule has 0 radical (unpaired) electrons. The van der Waals surface area contributed by atoms with Gasteiger partial charge in [0.1, 0.15) is 0 Å². The van der Waals surface area contributed by atoms with E-state index in [0.717, 1.165) is 51.8 Å². The zero-order chi connectivity index (χ0) is 13.2. The van der Waals surface area contributed by atoms with Crippen molar-refractivity contribution in [2.45, 2.75) is 32.7 Å². The predicted molar refractivity (Wildman–Crippen MR) is 75.0 cm³/mol. The topological polar surface area (TPSA) is 33.7 Å². The third-order valence-corrected chi connectivity index (χ3v) is 3.28. The molecule has 0 aromatic rings. The Balaban J connectivity index is 2.03. The molecule has 0 bridgehead atoms. The standard InChI is InChI=1S/C14H30N2O2/c1-13(2)11-14-12-16(6-5-15-14)7-10-18-9-4-8-17-3/h13-15H,4-12H2,1-3H3. The summed E-state index contributed by atoms with van der Waals surface area (Å²) in [6, 6.07) is 0.659. The quantitative estimate of drug-likeness (QED) is 0.633. The summed E-state index contributed by atoms with van der Waals surface area (Å²) < 4.78 is 10.6. The van der Waals surface area contributed by atoms with Crippen LogP contribution in [0.3, 0.4) is 0 Å². The van der Waals surface area contributed by atoms with E-state index in [9.17, 15) is 0 Å². The Morgan fingerprint density at radius 1 is 1.28 bits per heavy atom. The number of rotatable bonds is 9. The molecule has 0 saturated carbocycles. The molecule has 18 heavy (non-hydrogen) atoms. The predicted octanol–water partition coefficient (Wildman–Crippen LogP) is 1.36. The smallest absolute Gasteiger partial charge is 0.0593 e. The molecule has 0 aliphatic carbocycles. The average Bonchev–Trinajstić information content (AvgIpc) is 2.33. The average molecular weight is 258 g/mol. The fourth-order valence-corrected chi connectivity index (χ4v) is 2.43. The molecule has 1 heterocycles. The highest BCUT2D eigenvalue weighted by molar-refractivity contribution is 4.79. The van der Waals surface area contributed by atoms with Crippen molar-refractivity contribution in [2.24, 2.45) is 5.92 Å². The van der Waals surface area contributed by atoms with Crippen molar-refractivity contribution in [1.29, 1.82) is 0 Å². The maximum atomic E-state index is 5.61. The van der Waals surface area contributed by atoms with Crippen molar-refractivity contribution < 1.29 is 9.47 Å². The molecule has 4 heteroatoms. The highest BCUT2D eigenvalue weighted by atomic mass is 16.5. The van der Waals surface area contributed by atoms with Crippen LogP contribution in [-0.2, 0) is 9.47 Å². The van der Waals surface area contributed by atoms with Gasteiger partial charge < -0.3 is 14.8 Å². The highest BCUT2D eigenvalue weighted by Crippen LogP contribution is 2.09. The van der Waals surface area contributed by atoms with Crippen molar-refractivity contribution in [3.63, 3.8) is 0 Å². The van der Waals surface area contributed by atoms with Crippen LogP contribution in [-0.4, -0.2) is 64.1 Å². The van der Waals surface area contributed by atoms with Gasteiger partial charge in [0.2, 0.25) is 0 Å². The number of hydrogen-bond acceptors (Lipinski definition) is 4. The lowest BCUT2D eigenvalue weighted by molar-refractivity contribution is 0.0746. The molecule has 1 atom stereocenters. The van der Waals surface area contributed by atoms with E-state index in [1.54, 1.807) is 7.11 Å². The molecule has 1 fully saturated rings. The first kappa shape index (κ1) is 15.9. The summed E-state index contributed by atoms with van der Waals surface area (Å²) in [5.74, 6) is 0.771. The van der Waals surface area contributed by atoms with Gasteiger partial charge in [0.25, 0.3) is 0 Å². The normalized spacial score (nSPS) is 21.7. The zero-order valence-corrected chi connectivity index (χ0v) is 12.3. The van der Waals surface area contributed by atoms with Crippen LogP contribution in [0.1, 0.15) is 26.7 Å². The largest absolute Gasteiger partial charge is 0.385 e. The molecule has 0 amide bonds. The Hall–Kier alpha value is -0.160. The van der Waals surface area contributed by atoms with E-state index in [-0.39, 0.29) is 0 Å². The Kier molecular flexibility index (Phi) is 8.59. The molecule has 0 spiro atoms. The molecule has 4 nitrogen and oxygen atoms in total. The third kappa shape index (κ3) is 7.31. The lowest BCUT2D eigenvalue weighted by Gasteiger charge is -2.34. The van der Waals surface area contributed by atoms with Crippen LogP contribution in [0.4, 0.5) is 0 Å². The zero-order valence-electron chi connectivity index (χ0n) is 12.3. The van der Waals surface area contributed by atoms with E-state index in [1.807, 2.05) is 0 Å². The van der Waals surface area contributed by atoms with Crippen LogP contribution in [0.2, 0.25) is 0 Å². The van der Waals surface area contributed by atoms with Crippen LogP contribution in [0.15, 0.2) is 0 Å². The third-order valence-electron chi connectivity index (χ3n) is 3.28. The number of hydrogen-bond donors (Lipinski definition) is 1. The molecular formula is C14H30N2O2. The van der Waals surface area contributed by atoms with Crippen molar-refractivity contribution in [3.8, 4) is 0 Å². The van der Waals surface area contributed by atoms with Gasteiger partial charge in [-0.25, -0.2) is 0 Å². The lowest BCUT2D eigenvalue weighted by Crippen LogP contribution is -2.51. The van der Waals surface area contributed by atoms with E-state index < -0.39 is 0 Å². The Morgan fingerprint density at radius 2 is 2.11 bits per heavy atom. The highest BCUT2D eigenvalue weighted by Gasteiger charge is 2.19. The van der Waals surface area contributed by atoms with Crippen LogP contribution in [0.5, 0.6) is 0 Å². The summed E-state index contributed by atoms with van der Waals surface area (Å²) in [6.45, 7) is 11.5. The van der Waals surface area contributed by atoms with Crippen LogP contribution in [0.25, 0.3) is 0 Å². The summed E-state index contributed by atoms with van der Waals surface area (Å²) in [4.78, 5) is 2.51. The molecule has 1 saturated heterocycles. The first-order chi connectivity index (χ1) is 8.72. The maximum absolute atomic E-state index is 5.61. The second kappa shape index (κ2) is 9.73. The van der Waals surface area contributed by atoms with Gasteiger partial charge in [-0.05, 0) is 18.8 Å². The van der Waals surface area contributed by atoms with E-state index >= 15 is 0 Å². The fourth-order valence-electron chi connectivity index (χ4n) is 2.43. The van der Waals surface area contributed by atoms with E-state index in [1.165, 1.54) is 13.0 Å². The summed E-state index contributed by atoms with van der Waals surface area (Å²) in [5.41, 5.74) is 0. The van der Waals surface area contributed by atoms with Gasteiger partial charge in [0.15, 0.2) is 0 Å². The summed E-state index contributed by atoms with van der Waals surface area (Å²) in [6.07, 6.45) is 2.26. The van der Waals surface area contributed by atoms with Gasteiger partial charge in [-0.1, -0.05) is 13.8 Å².